The quantitative estimate of drug-likeness (QED) is 0.0202. The lowest BCUT2D eigenvalue weighted by Crippen LogP contribution is -2.05. The van der Waals surface area contributed by atoms with Crippen LogP contribution in [-0.2, 0) is 56.3 Å². The fraction of sp³-hybridized carbons (Fsp3) is 0.483. The molecule has 0 unspecified atom stereocenters. The molecule has 0 atom stereocenters. The third kappa shape index (κ3) is 57.0. The minimum absolute atomic E-state index is 0.117. The van der Waals surface area contributed by atoms with Crippen molar-refractivity contribution in [1.82, 2.24) is 0 Å². The monoisotopic (exact) mass is 2270 g/mol. The van der Waals surface area contributed by atoms with Crippen LogP contribution in [0, 0.1) is 0 Å². The van der Waals surface area contributed by atoms with Crippen LogP contribution >= 0.6 is 181 Å². The number of ether oxygens (including phenoxy) is 10. The van der Waals surface area contributed by atoms with E-state index >= 15 is 0 Å². The molecule has 0 N–H and O–H groups in total. The van der Waals surface area contributed by atoms with E-state index in [1.807, 2.05) is 126 Å². The third-order valence-corrected chi connectivity index (χ3v) is 18.3. The number of benzene rings is 5. The number of oxime groups is 5. The van der Waals surface area contributed by atoms with Gasteiger partial charge >= 0.3 is 0 Å². The lowest BCUT2D eigenvalue weighted by atomic mass is 10.1. The summed E-state index contributed by atoms with van der Waals surface area (Å²) in [5.74, 6) is 6.72. The van der Waals surface area contributed by atoms with E-state index in [4.69, 9.17) is 141 Å². The standard InChI is InChI=1S/C18H24Br2ClNO3.C18H24BrClFNO3.C17H22Br2ClNO3.C17H22BrCl2NO3.C17H22BrClFNO3/c1-4-6-14-11-15(23-10-7-17(19)20)12-16(21)18(14)24-8-5-9-25-22-13(2)3;1-4-6-14-11-15(23-10-7-17(19)21)12-16(20)18(14)24-8-5-9-25-22-13(2)3;1-4-13-10-14(22-9-6-16(18)19)11-15(20)17(13)23-7-5-8-24-21-12(2)3;2*1-4-13-10-14(22-9-6-16(18)20)11-15(19)17(13)23-7-5-8-24-21-12(2)3/h2*7,11-12H,4-6,8-10H2,1-3H3;3*6,10-11H,4-5,7-9H2,1-3H3/b;17-7-;;2*16-6+. The molecule has 0 saturated heterocycles. The van der Waals surface area contributed by atoms with Crippen molar-refractivity contribution < 1.29 is 80.3 Å². The number of nitrogens with zero attached hydrogens (tertiary/aromatic N) is 5. The van der Waals surface area contributed by atoms with Gasteiger partial charge in [0.15, 0.2) is 9.47 Å². The van der Waals surface area contributed by atoms with E-state index in [-0.39, 0.29) is 13.2 Å². The summed E-state index contributed by atoms with van der Waals surface area (Å²) in [5.41, 5.74) is 9.39. The fourth-order valence-corrected chi connectivity index (χ4v) is 11.8. The summed E-state index contributed by atoms with van der Waals surface area (Å²) < 4.78 is 83.6. The highest BCUT2D eigenvalue weighted by atomic mass is 79.9. The number of aryl methyl sites for hydroxylation is 5. The van der Waals surface area contributed by atoms with Crippen molar-refractivity contribution in [1.29, 1.82) is 0 Å². The predicted octanol–water partition coefficient (Wildman–Crippen LogP) is 30.2. The molecular weight excluding hydrogens is 2170 g/mol. The van der Waals surface area contributed by atoms with Crippen molar-refractivity contribution in [3.8, 4) is 57.5 Å². The van der Waals surface area contributed by atoms with E-state index in [0.29, 0.717) is 168 Å². The van der Waals surface area contributed by atoms with E-state index in [2.05, 4.69) is 158 Å². The van der Waals surface area contributed by atoms with E-state index in [9.17, 15) is 8.78 Å². The highest BCUT2D eigenvalue weighted by Crippen LogP contribution is 2.40. The first-order valence-corrected chi connectivity index (χ1v) is 47.1. The molecule has 5 rings (SSSR count). The summed E-state index contributed by atoms with van der Waals surface area (Å²) in [6.07, 6.45) is 17.6. The SMILES string of the molecule is CCCc1cc(OC/C=C(\F)Br)cc(Cl)c1OCCCON=C(C)C.CCCc1cc(OCC=C(Br)Br)cc(Cl)c1OCCCON=C(C)C.CCc1cc(OC/C=C(/Cl)Br)cc(Cl)c1OCCCON=C(C)C.CCc1cc(OC/C=C(/F)Br)cc(Cl)c1OCCCON=C(C)C.CCc1cc(OCC=C(Br)Br)cc(Cl)c1OCCCON=C(C)C. The number of hydrogen-bond donors (Lipinski definition) is 0. The molecule has 20 nitrogen and oxygen atoms in total. The van der Waals surface area contributed by atoms with Gasteiger partial charge < -0.3 is 71.6 Å². The van der Waals surface area contributed by atoms with Crippen molar-refractivity contribution >= 4 is 210 Å². The molecule has 0 saturated carbocycles. The first-order chi connectivity index (χ1) is 58.2. The highest BCUT2D eigenvalue weighted by Gasteiger charge is 2.18. The molecule has 0 heterocycles. The van der Waals surface area contributed by atoms with Gasteiger partial charge in [-0.05, 0) is 301 Å². The van der Waals surface area contributed by atoms with E-state index < -0.39 is 9.47 Å². The second-order valence-corrected chi connectivity index (χ2v) is 37.2. The van der Waals surface area contributed by atoms with Crippen molar-refractivity contribution in [2.45, 2.75) is 181 Å². The minimum Gasteiger partial charge on any atom is -0.492 e. The summed E-state index contributed by atoms with van der Waals surface area (Å²) in [7, 11) is 0. The molecule has 35 heteroatoms. The van der Waals surface area contributed by atoms with Crippen LogP contribution < -0.4 is 47.4 Å². The van der Waals surface area contributed by atoms with Gasteiger partial charge in [0, 0.05) is 62.4 Å². The molecule has 0 aliphatic heterocycles. The Morgan fingerprint density at radius 1 is 0.295 bits per heavy atom. The van der Waals surface area contributed by atoms with E-state index in [1.54, 1.807) is 36.4 Å². The molecule has 5 aromatic carbocycles. The maximum Gasteiger partial charge on any atom is 0.165 e. The molecule has 0 aliphatic carbocycles. The average Bonchev–Trinajstić information content (AvgIpc) is 0.858. The molecule has 122 heavy (non-hydrogen) atoms. The molecule has 0 amide bonds. The maximum absolute atomic E-state index is 12.7. The third-order valence-electron chi connectivity index (χ3n) is 14.5. The highest BCUT2D eigenvalue weighted by molar-refractivity contribution is 9.28. The Kier molecular flexibility index (Phi) is 67.1. The molecule has 682 valence electrons. The van der Waals surface area contributed by atoms with Crippen LogP contribution in [0.5, 0.6) is 57.5 Å². The lowest BCUT2D eigenvalue weighted by Gasteiger charge is -2.15. The Hall–Kier alpha value is -4.89. The van der Waals surface area contributed by atoms with Crippen molar-refractivity contribution in [2.24, 2.45) is 25.8 Å². The first-order valence-electron chi connectivity index (χ1n) is 39.3. The summed E-state index contributed by atoms with van der Waals surface area (Å²) in [4.78, 5) is 25.7. The van der Waals surface area contributed by atoms with Gasteiger partial charge in [0.25, 0.3) is 0 Å². The summed E-state index contributed by atoms with van der Waals surface area (Å²) >= 11 is 59.1. The van der Waals surface area contributed by atoms with Crippen LogP contribution in [0.25, 0.3) is 0 Å². The lowest BCUT2D eigenvalue weighted by molar-refractivity contribution is 0.127. The topological polar surface area (TPSA) is 200 Å². The molecule has 0 aliphatic rings. The second kappa shape index (κ2) is 71.1. The zero-order valence-corrected chi connectivity index (χ0v) is 87.4. The summed E-state index contributed by atoms with van der Waals surface area (Å²) in [6, 6.07) is 18.2. The van der Waals surface area contributed by atoms with Gasteiger partial charge in [0.1, 0.15) is 124 Å². The van der Waals surface area contributed by atoms with Gasteiger partial charge in [-0.2, -0.15) is 8.78 Å². The van der Waals surface area contributed by atoms with Crippen LogP contribution in [0.3, 0.4) is 0 Å². The van der Waals surface area contributed by atoms with Crippen LogP contribution in [-0.4, -0.2) is 128 Å². The molecule has 0 bridgehead atoms. The van der Waals surface area contributed by atoms with Crippen LogP contribution in [0.4, 0.5) is 8.78 Å². The van der Waals surface area contributed by atoms with Gasteiger partial charge in [0.2, 0.25) is 0 Å². The zero-order valence-electron chi connectivity index (χ0n) is 71.8. The van der Waals surface area contributed by atoms with E-state index in [1.165, 1.54) is 12.2 Å². The van der Waals surface area contributed by atoms with Gasteiger partial charge in [0.05, 0.1) is 97.4 Å². The number of halogens is 15. The Balaban J connectivity index is 0.000000763. The molecule has 0 spiro atoms. The summed E-state index contributed by atoms with van der Waals surface area (Å²) in [5, 5.41) is 22.0. The van der Waals surface area contributed by atoms with Gasteiger partial charge in [-0.25, -0.2) is 0 Å². The first kappa shape index (κ1) is 115. The Morgan fingerprint density at radius 3 is 0.689 bits per heavy atom. The molecule has 0 fully saturated rings. The normalized spacial score (nSPS) is 10.8. The van der Waals surface area contributed by atoms with Crippen LogP contribution in [0.15, 0.2) is 137 Å². The van der Waals surface area contributed by atoms with Crippen LogP contribution in [0.1, 0.15) is 177 Å². The second-order valence-electron chi connectivity index (χ2n) is 26.4. The average molecular weight is 2280 g/mol. The van der Waals surface area contributed by atoms with Gasteiger partial charge in [-0.1, -0.05) is 143 Å². The van der Waals surface area contributed by atoms with Gasteiger partial charge in [-0.3, -0.25) is 0 Å². The smallest absolute Gasteiger partial charge is 0.165 e. The van der Waals surface area contributed by atoms with Crippen LogP contribution in [0.2, 0.25) is 25.1 Å². The minimum atomic E-state index is -0.464. The fourth-order valence-electron chi connectivity index (χ4n) is 9.40. The van der Waals surface area contributed by atoms with Crippen molar-refractivity contribution in [3.63, 3.8) is 0 Å². The Bertz CT molecular complexity index is 3810. The Morgan fingerprint density at radius 2 is 0.500 bits per heavy atom. The molecule has 0 aromatic heterocycles. The van der Waals surface area contributed by atoms with Gasteiger partial charge in [-0.15, -0.1) is 0 Å². The molecule has 5 aromatic rings. The largest absolute Gasteiger partial charge is 0.492 e. The predicted molar refractivity (Wildman–Crippen MR) is 526 cm³/mol. The number of rotatable bonds is 52. The maximum atomic E-state index is 12.7. The molecular formula is C87H114Br7Cl6F2N5O15. The summed E-state index contributed by atoms with van der Waals surface area (Å²) in [6.45, 7) is 35.6. The van der Waals surface area contributed by atoms with Crippen molar-refractivity contribution in [3.05, 3.63) is 164 Å². The molecule has 0 radical (unpaired) electrons. The zero-order chi connectivity index (χ0) is 91.2. The Labute approximate surface area is 809 Å². The van der Waals surface area contributed by atoms with E-state index in [0.717, 1.165) is 145 Å². The van der Waals surface area contributed by atoms with Crippen molar-refractivity contribution in [2.75, 3.05) is 99.1 Å². The number of hydrogen-bond acceptors (Lipinski definition) is 20.